The van der Waals surface area contributed by atoms with Gasteiger partial charge in [0.2, 0.25) is 0 Å². The highest BCUT2D eigenvalue weighted by molar-refractivity contribution is 5.75. The van der Waals surface area contributed by atoms with E-state index in [4.69, 9.17) is 25.1 Å². The van der Waals surface area contributed by atoms with Crippen LogP contribution in [0, 0.1) is 57.7 Å². The summed E-state index contributed by atoms with van der Waals surface area (Å²) in [7, 11) is 0. The average molecular weight is 816 g/mol. The van der Waals surface area contributed by atoms with Crippen LogP contribution in [0.1, 0.15) is 144 Å². The fourth-order valence-corrected chi connectivity index (χ4v) is 13.0. The molecule has 5 aliphatic rings. The number of carbonyl (C=O) groups excluding carboxylic acids is 1. The van der Waals surface area contributed by atoms with Gasteiger partial charge in [-0.05, 0) is 142 Å². The molecule has 2 aromatic carbocycles. The molecule has 0 bridgehead atoms. The molecule has 0 radical (unpaired) electrons. The number of hydrogen-bond donors (Lipinski definition) is 1. The first kappa shape index (κ1) is 43.4. The zero-order chi connectivity index (χ0) is 42.5. The Labute approximate surface area is 358 Å². The van der Waals surface area contributed by atoms with Crippen LogP contribution in [-0.4, -0.2) is 55.0 Å². The summed E-state index contributed by atoms with van der Waals surface area (Å²) in [6.07, 6.45) is 13.5. The molecule has 7 rings (SSSR count). The smallest absolute Gasteiger partial charge is 0.311 e. The average Bonchev–Trinajstić information content (AvgIpc) is 3.62. The Kier molecular flexibility index (Phi) is 14.3. The summed E-state index contributed by atoms with van der Waals surface area (Å²) in [5.74, 6) is 5.14. The molecule has 4 aliphatic carbocycles. The molecule has 0 amide bonds. The van der Waals surface area contributed by atoms with Gasteiger partial charge in [-0.3, -0.25) is 4.79 Å². The molecule has 1 aliphatic heterocycles. The number of esters is 1. The van der Waals surface area contributed by atoms with Crippen molar-refractivity contribution >= 4 is 5.97 Å². The zero-order valence-corrected chi connectivity index (χ0v) is 37.3. The summed E-state index contributed by atoms with van der Waals surface area (Å²) in [4.78, 5) is 13.0. The first-order valence-corrected chi connectivity index (χ1v) is 23.6. The quantitative estimate of drug-likeness (QED) is 0.169. The fourth-order valence-electron chi connectivity index (χ4n) is 13.0. The Morgan fingerprint density at radius 1 is 0.831 bits per heavy atom. The summed E-state index contributed by atoms with van der Waals surface area (Å²) in [6, 6.07) is 19.7. The van der Waals surface area contributed by atoms with Gasteiger partial charge in [0.15, 0.2) is 6.29 Å². The molecule has 0 spiro atoms. The van der Waals surface area contributed by atoms with Crippen LogP contribution in [0.5, 0.6) is 0 Å². The molecule has 4 saturated carbocycles. The van der Waals surface area contributed by atoms with Crippen molar-refractivity contribution in [1.82, 2.24) is 0 Å². The standard InChI is InChI=1S/C52H78O7/c1-35(17-16-18-36(2)41-26-27-42-40-25-24-39-23-14-15-29-51(39,6)43(40)28-30-52(41,42)7)31-57-48-47(56-33-38-21-12-9-13-22-38)45(53)46(55-32-37-19-10-8-11-20-37)44(59-48)34-58-49(54)50(3,4)5/h8-13,19-22,35-36,39-48,53H,14-18,23-34H2,1-7H3/t35?,36-,39?,40+,41-,42+,43+,44-,45+,46+,47-,48?,51+,52-/m1/s1/i3D. The van der Waals surface area contributed by atoms with Crippen molar-refractivity contribution in [3.8, 4) is 0 Å². The fraction of sp³-hybridized carbons (Fsp3) is 0.750. The molecule has 14 atom stereocenters. The molecule has 328 valence electrons. The molecule has 7 heteroatoms. The van der Waals surface area contributed by atoms with E-state index in [0.29, 0.717) is 17.4 Å². The van der Waals surface area contributed by atoms with Crippen LogP contribution in [0.25, 0.3) is 0 Å². The Morgan fingerprint density at radius 3 is 2.20 bits per heavy atom. The highest BCUT2D eigenvalue weighted by Gasteiger charge is 2.60. The van der Waals surface area contributed by atoms with Gasteiger partial charge >= 0.3 is 5.97 Å². The number of rotatable bonds is 16. The number of carbonyl (C=O) groups is 1. The largest absolute Gasteiger partial charge is 0.462 e. The molecule has 0 aromatic heterocycles. The van der Waals surface area contributed by atoms with Crippen molar-refractivity contribution in [2.75, 3.05) is 13.2 Å². The Morgan fingerprint density at radius 2 is 1.51 bits per heavy atom. The maximum absolute atomic E-state index is 13.0. The van der Waals surface area contributed by atoms with Crippen LogP contribution in [0.3, 0.4) is 0 Å². The predicted octanol–water partition coefficient (Wildman–Crippen LogP) is 11.3. The van der Waals surface area contributed by atoms with Crippen LogP contribution in [0.15, 0.2) is 60.7 Å². The van der Waals surface area contributed by atoms with Gasteiger partial charge in [-0.25, -0.2) is 0 Å². The van der Waals surface area contributed by atoms with Crippen molar-refractivity contribution in [3.05, 3.63) is 71.8 Å². The minimum atomic E-state index is -1.12. The monoisotopic (exact) mass is 816 g/mol. The number of ether oxygens (including phenoxy) is 5. The summed E-state index contributed by atoms with van der Waals surface area (Å²) in [6.45, 7) is 14.3. The van der Waals surface area contributed by atoms with Gasteiger partial charge in [0.25, 0.3) is 0 Å². The van der Waals surface area contributed by atoms with E-state index < -0.39 is 42.1 Å². The lowest BCUT2D eigenvalue weighted by Gasteiger charge is -2.61. The van der Waals surface area contributed by atoms with E-state index in [1.54, 1.807) is 13.8 Å². The van der Waals surface area contributed by atoms with Gasteiger partial charge in [0, 0.05) is 1.37 Å². The number of fused-ring (bicyclic) bond motifs is 5. The Balaban J connectivity index is 0.962. The van der Waals surface area contributed by atoms with E-state index >= 15 is 0 Å². The highest BCUT2D eigenvalue weighted by Crippen LogP contribution is 2.68. The predicted molar refractivity (Wildman–Crippen MR) is 233 cm³/mol. The van der Waals surface area contributed by atoms with E-state index in [0.717, 1.165) is 59.5 Å². The second kappa shape index (κ2) is 19.4. The van der Waals surface area contributed by atoms with Gasteiger partial charge in [-0.15, -0.1) is 0 Å². The molecule has 1 N–H and O–H groups in total. The summed E-state index contributed by atoms with van der Waals surface area (Å²) < 4.78 is 39.5. The van der Waals surface area contributed by atoms with E-state index in [1.807, 2.05) is 60.7 Å². The van der Waals surface area contributed by atoms with E-state index in [2.05, 4.69) is 27.7 Å². The first-order chi connectivity index (χ1) is 28.8. The van der Waals surface area contributed by atoms with Crippen molar-refractivity contribution in [2.24, 2.45) is 57.7 Å². The number of aliphatic hydroxyl groups is 1. The molecule has 1 heterocycles. The van der Waals surface area contributed by atoms with Crippen LogP contribution < -0.4 is 0 Å². The minimum Gasteiger partial charge on any atom is -0.462 e. The van der Waals surface area contributed by atoms with Crippen molar-refractivity contribution < 1.29 is 35.0 Å². The van der Waals surface area contributed by atoms with E-state index in [1.165, 1.54) is 70.6 Å². The van der Waals surface area contributed by atoms with E-state index in [-0.39, 0.29) is 32.6 Å². The second-order valence-electron chi connectivity index (χ2n) is 21.0. The summed E-state index contributed by atoms with van der Waals surface area (Å²) >= 11 is 0. The maximum atomic E-state index is 13.0. The summed E-state index contributed by atoms with van der Waals surface area (Å²) in [5.41, 5.74) is 2.05. The third-order valence-corrected chi connectivity index (χ3v) is 16.4. The minimum absolute atomic E-state index is 0.104. The topological polar surface area (TPSA) is 83.5 Å². The first-order valence-electron chi connectivity index (χ1n) is 24.3. The molecule has 3 unspecified atom stereocenters. The molecule has 2 aromatic rings. The number of hydrogen-bond acceptors (Lipinski definition) is 7. The van der Waals surface area contributed by atoms with Gasteiger partial charge in [0.05, 0.1) is 25.2 Å². The van der Waals surface area contributed by atoms with Crippen molar-refractivity contribution in [3.63, 3.8) is 0 Å². The van der Waals surface area contributed by atoms with Crippen LogP contribution >= 0.6 is 0 Å². The third-order valence-electron chi connectivity index (χ3n) is 16.4. The number of benzene rings is 2. The van der Waals surface area contributed by atoms with Gasteiger partial charge in [0.1, 0.15) is 31.0 Å². The molecule has 5 fully saturated rings. The third kappa shape index (κ3) is 10.2. The van der Waals surface area contributed by atoms with Gasteiger partial charge in [-0.2, -0.15) is 0 Å². The van der Waals surface area contributed by atoms with Gasteiger partial charge in [-0.1, -0.05) is 114 Å². The molecular weight excluding hydrogens is 737 g/mol. The van der Waals surface area contributed by atoms with E-state index in [9.17, 15) is 9.90 Å². The molecule has 7 nitrogen and oxygen atoms in total. The van der Waals surface area contributed by atoms with Crippen LogP contribution in [0.4, 0.5) is 0 Å². The maximum Gasteiger partial charge on any atom is 0.311 e. The van der Waals surface area contributed by atoms with Crippen LogP contribution in [-0.2, 0) is 41.7 Å². The highest BCUT2D eigenvalue weighted by atomic mass is 16.7. The SMILES string of the molecule is [2H]CC(C)(C)C(=O)OC[C@H]1OC(OCC(C)CCC[C@@H](C)[C@H]2CC[C@H]3[C@@H]4CCC5CCCC[C@]5(C)[C@H]4CC[C@]23C)[C@H](OCc2ccccc2)[C@@H](O)[C@H]1OCc1ccccc1. The lowest BCUT2D eigenvalue weighted by atomic mass is 9.44. The number of aliphatic hydroxyl groups excluding tert-OH is 1. The molecule has 1 saturated heterocycles. The van der Waals surface area contributed by atoms with Crippen LogP contribution in [0.2, 0.25) is 0 Å². The Hall–Kier alpha value is -2.29. The van der Waals surface area contributed by atoms with Crippen molar-refractivity contribution in [1.29, 1.82) is 0 Å². The Bertz CT molecular complexity index is 1640. The van der Waals surface area contributed by atoms with Crippen molar-refractivity contribution in [2.45, 2.75) is 176 Å². The second-order valence-corrected chi connectivity index (χ2v) is 21.0. The molecule has 59 heavy (non-hydrogen) atoms. The summed E-state index contributed by atoms with van der Waals surface area (Å²) in [5, 5.41) is 12.0. The lowest BCUT2D eigenvalue weighted by molar-refractivity contribution is -0.321. The normalized spacial score (nSPS) is 37.0. The van der Waals surface area contributed by atoms with Gasteiger partial charge < -0.3 is 28.8 Å². The zero-order valence-electron chi connectivity index (χ0n) is 38.3. The molecular formula is C52H78O7. The lowest BCUT2D eigenvalue weighted by Crippen LogP contribution is -2.61.